The molecule has 4 aliphatic rings. The minimum atomic E-state index is -0.247. The van der Waals surface area contributed by atoms with Crippen LogP contribution in [-0.4, -0.2) is 5.91 Å². The molecule has 0 saturated heterocycles. The first-order valence-electron chi connectivity index (χ1n) is 7.90. The monoisotopic (exact) mass is 302 g/mol. The summed E-state index contributed by atoms with van der Waals surface area (Å²) >= 11 is 6.05. The summed E-state index contributed by atoms with van der Waals surface area (Å²) in [6, 6.07) is 8.38. The zero-order valence-electron chi connectivity index (χ0n) is 12.1. The zero-order valence-corrected chi connectivity index (χ0v) is 12.9. The maximum Gasteiger partial charge on any atom is 0.221 e. The van der Waals surface area contributed by atoms with Crippen LogP contribution in [0.4, 0.5) is 0 Å². The lowest BCUT2D eigenvalue weighted by molar-refractivity contribution is -0.119. The third kappa shape index (κ3) is 2.19. The maximum atomic E-state index is 11.5. The number of primary amides is 1. The average Bonchev–Trinajstić information content (AvgIpc) is 2.35. The first-order valence-corrected chi connectivity index (χ1v) is 8.28. The predicted molar refractivity (Wildman–Crippen MR) is 83.7 cm³/mol. The molecule has 21 heavy (non-hydrogen) atoms. The Morgan fingerprint density at radius 3 is 2.33 bits per heavy atom. The van der Waals surface area contributed by atoms with Crippen LogP contribution in [0.1, 0.15) is 44.1 Å². The standard InChI is InChI=1S/C18H21ClNO/c19-15-3-1-14(2-4-15)18-8-12-5-13(9-18)7-17(6-12,11-18)10-16(20)21/h1-4,10,12-13H,5-9,11H2,(H2,20,21). The lowest BCUT2D eigenvalue weighted by Gasteiger charge is -2.62. The van der Waals surface area contributed by atoms with Gasteiger partial charge in [-0.1, -0.05) is 23.7 Å². The van der Waals surface area contributed by atoms with Gasteiger partial charge in [0, 0.05) is 5.02 Å². The van der Waals surface area contributed by atoms with E-state index in [0.29, 0.717) is 0 Å². The Labute approximate surface area is 131 Å². The normalized spacial score (nSPS) is 40.4. The molecule has 0 spiro atoms. The molecule has 5 rings (SSSR count). The molecule has 111 valence electrons. The van der Waals surface area contributed by atoms with Crippen LogP contribution < -0.4 is 5.73 Å². The lowest BCUT2D eigenvalue weighted by Crippen LogP contribution is -2.55. The second-order valence-electron chi connectivity index (χ2n) is 7.66. The van der Waals surface area contributed by atoms with Crippen LogP contribution in [0.3, 0.4) is 0 Å². The quantitative estimate of drug-likeness (QED) is 0.905. The van der Waals surface area contributed by atoms with Crippen molar-refractivity contribution in [2.24, 2.45) is 23.0 Å². The number of amides is 1. The largest absolute Gasteiger partial charge is 0.369 e. The van der Waals surface area contributed by atoms with Crippen molar-refractivity contribution < 1.29 is 4.79 Å². The van der Waals surface area contributed by atoms with E-state index in [1.807, 2.05) is 18.6 Å². The molecule has 1 aromatic rings. The molecule has 2 unspecified atom stereocenters. The molecular weight excluding hydrogens is 282 g/mol. The molecular formula is C18H21ClNO. The van der Waals surface area contributed by atoms with Gasteiger partial charge < -0.3 is 5.73 Å². The molecule has 4 bridgehead atoms. The fourth-order valence-electron chi connectivity index (χ4n) is 5.95. The van der Waals surface area contributed by atoms with Gasteiger partial charge in [0.15, 0.2) is 0 Å². The molecule has 4 aliphatic carbocycles. The number of hydrogen-bond acceptors (Lipinski definition) is 1. The van der Waals surface area contributed by atoms with E-state index in [2.05, 4.69) is 12.1 Å². The Morgan fingerprint density at radius 2 is 1.76 bits per heavy atom. The molecule has 0 heterocycles. The number of nitrogens with two attached hydrogens (primary N) is 1. The fourth-order valence-corrected chi connectivity index (χ4v) is 6.07. The molecule has 1 radical (unpaired) electrons. The molecule has 4 saturated carbocycles. The first-order chi connectivity index (χ1) is 9.99. The summed E-state index contributed by atoms with van der Waals surface area (Å²) in [5.74, 6) is 1.25. The number of carbonyl (C=O) groups excluding carboxylic acids is 1. The highest BCUT2D eigenvalue weighted by molar-refractivity contribution is 6.30. The molecule has 1 amide bonds. The number of benzene rings is 1. The fraction of sp³-hybridized carbons (Fsp3) is 0.556. The van der Waals surface area contributed by atoms with Crippen molar-refractivity contribution in [3.63, 3.8) is 0 Å². The van der Waals surface area contributed by atoms with E-state index in [-0.39, 0.29) is 16.7 Å². The van der Waals surface area contributed by atoms with Crippen LogP contribution in [0.15, 0.2) is 24.3 Å². The zero-order chi connectivity index (χ0) is 14.7. The molecule has 2 N–H and O–H groups in total. The van der Waals surface area contributed by atoms with Crippen LogP contribution in [0.2, 0.25) is 5.02 Å². The van der Waals surface area contributed by atoms with Gasteiger partial charge in [-0.3, -0.25) is 4.79 Å². The Hall–Kier alpha value is -1.02. The lowest BCUT2D eigenvalue weighted by atomic mass is 9.42. The SMILES string of the molecule is NC(=O)[CH]C12CC3CC(C1)CC(c1ccc(Cl)cc1)(C3)C2. The van der Waals surface area contributed by atoms with Gasteiger partial charge in [-0.05, 0) is 78.9 Å². The second kappa shape index (κ2) is 4.49. The van der Waals surface area contributed by atoms with E-state index in [4.69, 9.17) is 17.3 Å². The van der Waals surface area contributed by atoms with Gasteiger partial charge in [0.05, 0.1) is 6.42 Å². The highest BCUT2D eigenvalue weighted by atomic mass is 35.5. The van der Waals surface area contributed by atoms with Crippen LogP contribution in [0, 0.1) is 23.7 Å². The minimum absolute atomic E-state index is 0.0511. The molecule has 4 fully saturated rings. The third-order valence-corrected chi connectivity index (χ3v) is 6.26. The Balaban J connectivity index is 1.73. The van der Waals surface area contributed by atoms with E-state index < -0.39 is 0 Å². The maximum absolute atomic E-state index is 11.5. The van der Waals surface area contributed by atoms with Crippen molar-refractivity contribution in [1.29, 1.82) is 0 Å². The van der Waals surface area contributed by atoms with Gasteiger partial charge in [0.25, 0.3) is 0 Å². The van der Waals surface area contributed by atoms with Crippen molar-refractivity contribution >= 4 is 17.5 Å². The van der Waals surface area contributed by atoms with Gasteiger partial charge in [-0.15, -0.1) is 0 Å². The van der Waals surface area contributed by atoms with E-state index in [1.54, 1.807) is 0 Å². The topological polar surface area (TPSA) is 43.1 Å². The number of carbonyl (C=O) groups is 1. The van der Waals surface area contributed by atoms with Crippen molar-refractivity contribution in [2.45, 2.75) is 43.9 Å². The molecule has 0 aliphatic heterocycles. The molecule has 3 heteroatoms. The summed E-state index contributed by atoms with van der Waals surface area (Å²) in [6.07, 6.45) is 9.10. The smallest absolute Gasteiger partial charge is 0.221 e. The summed E-state index contributed by atoms with van der Waals surface area (Å²) < 4.78 is 0. The van der Waals surface area contributed by atoms with E-state index in [1.165, 1.54) is 24.8 Å². The van der Waals surface area contributed by atoms with Crippen LogP contribution >= 0.6 is 11.6 Å². The predicted octanol–water partition coefficient (Wildman–Crippen LogP) is 3.87. The Kier molecular flexibility index (Phi) is 2.91. The Morgan fingerprint density at radius 1 is 1.14 bits per heavy atom. The summed E-state index contributed by atoms with van der Waals surface area (Å²) in [6.45, 7) is 0. The Bertz CT molecular complexity index is 565. The van der Waals surface area contributed by atoms with Gasteiger partial charge in [-0.25, -0.2) is 0 Å². The average molecular weight is 303 g/mol. The summed E-state index contributed by atoms with van der Waals surface area (Å²) in [4.78, 5) is 11.5. The number of rotatable bonds is 3. The highest BCUT2D eigenvalue weighted by Crippen LogP contribution is 2.66. The van der Waals surface area contributed by atoms with E-state index in [0.717, 1.165) is 36.1 Å². The van der Waals surface area contributed by atoms with Crippen molar-refractivity contribution in [3.05, 3.63) is 41.3 Å². The van der Waals surface area contributed by atoms with Crippen molar-refractivity contribution in [1.82, 2.24) is 0 Å². The van der Waals surface area contributed by atoms with Crippen molar-refractivity contribution in [3.8, 4) is 0 Å². The first kappa shape index (κ1) is 13.6. The van der Waals surface area contributed by atoms with Crippen LogP contribution in [-0.2, 0) is 10.2 Å². The van der Waals surface area contributed by atoms with Gasteiger partial charge in [-0.2, -0.15) is 0 Å². The third-order valence-electron chi connectivity index (χ3n) is 6.01. The highest BCUT2D eigenvalue weighted by Gasteiger charge is 2.58. The molecule has 0 aromatic heterocycles. The second-order valence-corrected chi connectivity index (χ2v) is 8.09. The van der Waals surface area contributed by atoms with E-state index >= 15 is 0 Å². The van der Waals surface area contributed by atoms with Crippen molar-refractivity contribution in [2.75, 3.05) is 0 Å². The molecule has 2 nitrogen and oxygen atoms in total. The molecule has 1 aromatic carbocycles. The number of halogens is 1. The van der Waals surface area contributed by atoms with Crippen LogP contribution in [0.25, 0.3) is 0 Å². The van der Waals surface area contributed by atoms with E-state index in [9.17, 15) is 4.79 Å². The van der Waals surface area contributed by atoms with Gasteiger partial charge in [0.2, 0.25) is 5.91 Å². The van der Waals surface area contributed by atoms with Gasteiger partial charge in [0.1, 0.15) is 0 Å². The number of hydrogen-bond donors (Lipinski definition) is 1. The minimum Gasteiger partial charge on any atom is -0.369 e. The summed E-state index contributed by atoms with van der Waals surface area (Å²) in [5.41, 5.74) is 7.20. The van der Waals surface area contributed by atoms with Crippen LogP contribution in [0.5, 0.6) is 0 Å². The summed E-state index contributed by atoms with van der Waals surface area (Å²) in [5, 5.41) is 0.793. The van der Waals surface area contributed by atoms with Gasteiger partial charge >= 0.3 is 0 Å². The molecule has 2 atom stereocenters. The summed E-state index contributed by atoms with van der Waals surface area (Å²) in [7, 11) is 0.